The third-order valence-electron chi connectivity index (χ3n) is 4.33. The molecular formula is C23H14Cl3N3O4. The van der Waals surface area contributed by atoms with Gasteiger partial charge in [-0.1, -0.05) is 34.8 Å². The fourth-order valence-electron chi connectivity index (χ4n) is 2.72. The maximum atomic E-state index is 12.4. The van der Waals surface area contributed by atoms with Crippen molar-refractivity contribution in [2.24, 2.45) is 0 Å². The summed E-state index contributed by atoms with van der Waals surface area (Å²) in [5, 5.41) is 23.6. The van der Waals surface area contributed by atoms with Crippen LogP contribution < -0.4 is 10.1 Å². The van der Waals surface area contributed by atoms with Crippen LogP contribution in [-0.4, -0.2) is 10.8 Å². The van der Waals surface area contributed by atoms with E-state index in [0.717, 1.165) is 0 Å². The Morgan fingerprint density at radius 1 is 1.06 bits per heavy atom. The summed E-state index contributed by atoms with van der Waals surface area (Å²) in [5.41, 5.74) is 1.41. The van der Waals surface area contributed by atoms with Crippen LogP contribution >= 0.6 is 34.8 Å². The van der Waals surface area contributed by atoms with Crippen molar-refractivity contribution in [3.63, 3.8) is 0 Å². The van der Waals surface area contributed by atoms with Crippen molar-refractivity contribution >= 4 is 58.2 Å². The molecule has 166 valence electrons. The van der Waals surface area contributed by atoms with E-state index in [0.29, 0.717) is 21.8 Å². The molecule has 3 aromatic carbocycles. The smallest absolute Gasteiger partial charge is 0.269 e. The standard InChI is InChI=1S/C23H14Cl3N3O4/c24-17-3-5-18(6-4-17)28-23(30)16(12-27)9-15-10-20(25)22(21(26)11-15)33-13-14-1-7-19(8-2-14)29(31)32/h1-11H,13H2,(H,28,30)/b16-9-. The van der Waals surface area contributed by atoms with E-state index in [4.69, 9.17) is 39.5 Å². The number of nitro benzene ring substituents is 1. The van der Waals surface area contributed by atoms with Gasteiger partial charge in [0.05, 0.1) is 15.0 Å². The highest BCUT2D eigenvalue weighted by molar-refractivity contribution is 6.37. The van der Waals surface area contributed by atoms with E-state index >= 15 is 0 Å². The number of nitrogens with one attached hydrogen (secondary N) is 1. The maximum Gasteiger partial charge on any atom is 0.269 e. The second-order valence-corrected chi connectivity index (χ2v) is 7.91. The number of ether oxygens (including phenoxy) is 1. The summed E-state index contributed by atoms with van der Waals surface area (Å²) in [4.78, 5) is 22.7. The van der Waals surface area contributed by atoms with Gasteiger partial charge in [0.1, 0.15) is 18.2 Å². The number of non-ortho nitro benzene ring substituents is 1. The van der Waals surface area contributed by atoms with Gasteiger partial charge in [-0.3, -0.25) is 14.9 Å². The number of anilines is 1. The van der Waals surface area contributed by atoms with Gasteiger partial charge in [-0.05, 0) is 65.7 Å². The molecule has 0 saturated heterocycles. The summed E-state index contributed by atoms with van der Waals surface area (Å²) in [6, 6.07) is 17.2. The van der Waals surface area contributed by atoms with Crippen LogP contribution in [0.25, 0.3) is 6.08 Å². The Kier molecular flexibility index (Phi) is 7.91. The molecule has 7 nitrogen and oxygen atoms in total. The van der Waals surface area contributed by atoms with Gasteiger partial charge < -0.3 is 10.1 Å². The molecule has 0 aliphatic carbocycles. The van der Waals surface area contributed by atoms with Gasteiger partial charge in [-0.25, -0.2) is 0 Å². The zero-order valence-electron chi connectivity index (χ0n) is 16.7. The molecule has 0 saturated carbocycles. The van der Waals surface area contributed by atoms with Crippen LogP contribution in [0, 0.1) is 21.4 Å². The van der Waals surface area contributed by atoms with Crippen molar-refractivity contribution in [2.45, 2.75) is 6.61 Å². The van der Waals surface area contributed by atoms with Gasteiger partial charge in [0.2, 0.25) is 0 Å². The lowest BCUT2D eigenvalue weighted by Crippen LogP contribution is -2.13. The molecule has 10 heteroatoms. The second kappa shape index (κ2) is 10.8. The lowest BCUT2D eigenvalue weighted by atomic mass is 10.1. The number of carbonyl (C=O) groups is 1. The first-order valence-electron chi connectivity index (χ1n) is 9.30. The molecule has 0 aromatic heterocycles. The molecule has 0 bridgehead atoms. The Labute approximate surface area is 203 Å². The number of rotatable bonds is 7. The highest BCUT2D eigenvalue weighted by atomic mass is 35.5. The van der Waals surface area contributed by atoms with Gasteiger partial charge in [-0.15, -0.1) is 0 Å². The topological polar surface area (TPSA) is 105 Å². The predicted octanol–water partition coefficient (Wildman–Crippen LogP) is 6.68. The molecule has 33 heavy (non-hydrogen) atoms. The third kappa shape index (κ3) is 6.46. The molecular weight excluding hydrogens is 489 g/mol. The van der Waals surface area contributed by atoms with Gasteiger partial charge in [0.15, 0.2) is 5.75 Å². The maximum absolute atomic E-state index is 12.4. The third-order valence-corrected chi connectivity index (χ3v) is 5.14. The second-order valence-electron chi connectivity index (χ2n) is 6.66. The SMILES string of the molecule is N#C/C(=C/c1cc(Cl)c(OCc2ccc([N+](=O)[O-])cc2)c(Cl)c1)C(=O)Nc1ccc(Cl)cc1. The molecule has 0 radical (unpaired) electrons. The van der Waals surface area contributed by atoms with Crippen LogP contribution in [0.3, 0.4) is 0 Å². The minimum Gasteiger partial charge on any atom is -0.486 e. The van der Waals surface area contributed by atoms with E-state index in [9.17, 15) is 20.2 Å². The number of benzene rings is 3. The first-order chi connectivity index (χ1) is 15.8. The summed E-state index contributed by atoms with van der Waals surface area (Å²) < 4.78 is 5.67. The Bertz CT molecular complexity index is 1240. The number of carbonyl (C=O) groups excluding carboxylic acids is 1. The number of hydrogen-bond donors (Lipinski definition) is 1. The van der Waals surface area contributed by atoms with Crippen LogP contribution in [0.2, 0.25) is 15.1 Å². The molecule has 0 fully saturated rings. The van der Waals surface area contributed by atoms with Crippen molar-refractivity contribution in [3.8, 4) is 11.8 Å². The van der Waals surface area contributed by atoms with Gasteiger partial charge in [0, 0.05) is 22.8 Å². The fourth-order valence-corrected chi connectivity index (χ4v) is 3.46. The molecule has 1 amide bonds. The average molecular weight is 503 g/mol. The molecule has 0 atom stereocenters. The van der Waals surface area contributed by atoms with E-state index in [-0.39, 0.29) is 33.7 Å². The number of halogens is 3. The number of nitriles is 1. The monoisotopic (exact) mass is 501 g/mol. The number of hydrogen-bond acceptors (Lipinski definition) is 5. The highest BCUT2D eigenvalue weighted by Gasteiger charge is 2.14. The summed E-state index contributed by atoms with van der Waals surface area (Å²) in [6.07, 6.45) is 1.35. The van der Waals surface area contributed by atoms with E-state index in [2.05, 4.69) is 5.32 Å². The van der Waals surface area contributed by atoms with Crippen LogP contribution in [0.4, 0.5) is 11.4 Å². The molecule has 0 aliphatic rings. The molecule has 0 aliphatic heterocycles. The van der Waals surface area contributed by atoms with Crippen molar-refractivity contribution in [1.82, 2.24) is 0 Å². The average Bonchev–Trinajstić information content (AvgIpc) is 2.78. The number of nitrogens with zero attached hydrogens (tertiary/aromatic N) is 2. The number of amides is 1. The van der Waals surface area contributed by atoms with Crippen molar-refractivity contribution < 1.29 is 14.5 Å². The molecule has 0 unspecified atom stereocenters. The molecule has 1 N–H and O–H groups in total. The Morgan fingerprint density at radius 3 is 2.21 bits per heavy atom. The highest BCUT2D eigenvalue weighted by Crippen LogP contribution is 2.35. The molecule has 3 aromatic rings. The Balaban J connectivity index is 1.74. The zero-order chi connectivity index (χ0) is 24.0. The van der Waals surface area contributed by atoms with E-state index in [1.807, 2.05) is 6.07 Å². The lowest BCUT2D eigenvalue weighted by Gasteiger charge is -2.11. The van der Waals surface area contributed by atoms with Crippen molar-refractivity contribution in [2.75, 3.05) is 5.32 Å². The molecule has 0 spiro atoms. The van der Waals surface area contributed by atoms with Crippen molar-refractivity contribution in [3.05, 3.63) is 103 Å². The van der Waals surface area contributed by atoms with Crippen LogP contribution in [0.15, 0.2) is 66.2 Å². The van der Waals surface area contributed by atoms with E-state index in [1.54, 1.807) is 36.4 Å². The fraction of sp³-hybridized carbons (Fsp3) is 0.0435. The first-order valence-corrected chi connectivity index (χ1v) is 10.4. The van der Waals surface area contributed by atoms with Crippen LogP contribution in [0.5, 0.6) is 5.75 Å². The normalized spacial score (nSPS) is 10.9. The Morgan fingerprint density at radius 2 is 1.67 bits per heavy atom. The van der Waals surface area contributed by atoms with Gasteiger partial charge in [-0.2, -0.15) is 5.26 Å². The predicted molar refractivity (Wildman–Crippen MR) is 128 cm³/mol. The molecule has 3 rings (SSSR count). The summed E-state index contributed by atoms with van der Waals surface area (Å²) in [5.74, 6) is -0.400. The number of nitro groups is 1. The quantitative estimate of drug-likeness (QED) is 0.168. The largest absolute Gasteiger partial charge is 0.486 e. The molecule has 0 heterocycles. The minimum atomic E-state index is -0.606. The first kappa shape index (κ1) is 24.1. The lowest BCUT2D eigenvalue weighted by molar-refractivity contribution is -0.384. The van der Waals surface area contributed by atoms with Gasteiger partial charge >= 0.3 is 0 Å². The van der Waals surface area contributed by atoms with Crippen molar-refractivity contribution in [1.29, 1.82) is 5.26 Å². The Hall–Kier alpha value is -3.57. The minimum absolute atomic E-state index is 0.0284. The zero-order valence-corrected chi connectivity index (χ0v) is 19.0. The summed E-state index contributed by atoms with van der Waals surface area (Å²) in [6.45, 7) is 0.0829. The van der Waals surface area contributed by atoms with E-state index in [1.165, 1.54) is 30.3 Å². The van der Waals surface area contributed by atoms with Crippen LogP contribution in [-0.2, 0) is 11.4 Å². The van der Waals surface area contributed by atoms with Crippen LogP contribution in [0.1, 0.15) is 11.1 Å². The summed E-state index contributed by atoms with van der Waals surface area (Å²) in [7, 11) is 0. The summed E-state index contributed by atoms with van der Waals surface area (Å²) >= 11 is 18.4. The van der Waals surface area contributed by atoms with Gasteiger partial charge in [0.25, 0.3) is 11.6 Å². The van der Waals surface area contributed by atoms with E-state index < -0.39 is 10.8 Å².